The quantitative estimate of drug-likeness (QED) is 0.587. The van der Waals surface area contributed by atoms with Gasteiger partial charge in [-0.1, -0.05) is 48.5 Å². The number of imide groups is 1. The fraction of sp³-hybridized carbons (Fsp3) is 0.269. The fourth-order valence-electron chi connectivity index (χ4n) is 4.70. The van der Waals surface area contributed by atoms with Crippen LogP contribution in [0.25, 0.3) is 10.8 Å². The van der Waals surface area contributed by atoms with Crippen LogP contribution in [0.3, 0.4) is 0 Å². The van der Waals surface area contributed by atoms with Crippen molar-refractivity contribution in [3.8, 4) is 5.75 Å². The Labute approximate surface area is 197 Å². The topological polar surface area (TPSA) is 93.2 Å². The van der Waals surface area contributed by atoms with E-state index in [2.05, 4.69) is 5.32 Å². The first-order valence-corrected chi connectivity index (χ1v) is 11.3. The number of phenolic OH excluding ortho intramolecular Hbond substituents is 1. The molecule has 3 aromatic rings. The summed E-state index contributed by atoms with van der Waals surface area (Å²) in [6.45, 7) is 3.37. The summed E-state index contributed by atoms with van der Waals surface area (Å²) in [7, 11) is 0. The van der Waals surface area contributed by atoms with Gasteiger partial charge in [-0.3, -0.25) is 14.5 Å². The van der Waals surface area contributed by atoms with E-state index < -0.39 is 17.5 Å². The van der Waals surface area contributed by atoms with Crippen molar-refractivity contribution in [1.82, 2.24) is 15.1 Å². The molecule has 0 aliphatic carbocycles. The van der Waals surface area contributed by atoms with E-state index in [1.165, 1.54) is 0 Å². The number of nitrogens with zero attached hydrogens (tertiary/aromatic N) is 3. The van der Waals surface area contributed by atoms with Gasteiger partial charge in [-0.15, -0.1) is 0 Å². The van der Waals surface area contributed by atoms with Crippen LogP contribution in [-0.4, -0.2) is 65.5 Å². The van der Waals surface area contributed by atoms with Crippen LogP contribution in [0.1, 0.15) is 12.5 Å². The van der Waals surface area contributed by atoms with Gasteiger partial charge in [-0.25, -0.2) is 4.79 Å². The molecule has 2 N–H and O–H groups in total. The van der Waals surface area contributed by atoms with E-state index in [0.717, 1.165) is 21.4 Å². The summed E-state index contributed by atoms with van der Waals surface area (Å²) in [4.78, 5) is 43.7. The highest BCUT2D eigenvalue weighted by Gasteiger charge is 2.49. The SMILES string of the molecule is C[C@@]1(c2ccc3ccccc3c2)NC(=O)N(CC(=O)N2CCN(c3ccccc3O)CC2)C1=O. The molecule has 5 rings (SSSR count). The van der Waals surface area contributed by atoms with Crippen molar-refractivity contribution >= 4 is 34.3 Å². The second kappa shape index (κ2) is 8.37. The molecule has 2 fully saturated rings. The molecule has 2 aliphatic rings. The normalized spacial score (nSPS) is 20.7. The lowest BCUT2D eigenvalue weighted by molar-refractivity contribution is -0.139. The largest absolute Gasteiger partial charge is 0.506 e. The molecule has 174 valence electrons. The predicted molar refractivity (Wildman–Crippen MR) is 128 cm³/mol. The lowest BCUT2D eigenvalue weighted by atomic mass is 9.90. The highest BCUT2D eigenvalue weighted by atomic mass is 16.3. The Morgan fingerprint density at radius 3 is 2.35 bits per heavy atom. The molecule has 2 saturated heterocycles. The van der Waals surface area contributed by atoms with Crippen LogP contribution < -0.4 is 10.2 Å². The number of para-hydroxylation sites is 2. The van der Waals surface area contributed by atoms with Gasteiger partial charge in [-0.2, -0.15) is 0 Å². The first kappa shape index (κ1) is 21.8. The number of benzene rings is 3. The van der Waals surface area contributed by atoms with Crippen molar-refractivity contribution in [1.29, 1.82) is 0 Å². The smallest absolute Gasteiger partial charge is 0.325 e. The van der Waals surface area contributed by atoms with Crippen LogP contribution in [0, 0.1) is 0 Å². The number of piperazine rings is 1. The zero-order valence-electron chi connectivity index (χ0n) is 18.9. The third-order valence-corrected chi connectivity index (χ3v) is 6.75. The second-order valence-corrected chi connectivity index (χ2v) is 8.86. The van der Waals surface area contributed by atoms with Gasteiger partial charge in [0.25, 0.3) is 5.91 Å². The van der Waals surface area contributed by atoms with Gasteiger partial charge in [0.15, 0.2) is 0 Å². The molecule has 4 amide bonds. The van der Waals surface area contributed by atoms with Crippen LogP contribution >= 0.6 is 0 Å². The van der Waals surface area contributed by atoms with Crippen molar-refractivity contribution in [2.75, 3.05) is 37.6 Å². The Morgan fingerprint density at radius 2 is 1.62 bits per heavy atom. The lowest BCUT2D eigenvalue weighted by Crippen LogP contribution is -2.52. The molecular weight excluding hydrogens is 432 g/mol. The number of carbonyl (C=O) groups is 3. The van der Waals surface area contributed by atoms with Gasteiger partial charge in [-0.05, 0) is 41.5 Å². The molecule has 8 heteroatoms. The third-order valence-electron chi connectivity index (χ3n) is 6.75. The highest BCUT2D eigenvalue weighted by Crippen LogP contribution is 2.31. The van der Waals surface area contributed by atoms with Gasteiger partial charge in [0.2, 0.25) is 5.91 Å². The monoisotopic (exact) mass is 458 g/mol. The van der Waals surface area contributed by atoms with E-state index in [4.69, 9.17) is 0 Å². The van der Waals surface area contributed by atoms with Gasteiger partial charge >= 0.3 is 6.03 Å². The molecule has 0 saturated carbocycles. The molecule has 1 atom stereocenters. The summed E-state index contributed by atoms with van der Waals surface area (Å²) in [6, 6.07) is 20.0. The molecule has 0 radical (unpaired) electrons. The molecule has 0 bridgehead atoms. The summed E-state index contributed by atoms with van der Waals surface area (Å²) in [5.41, 5.74) is 0.177. The molecular formula is C26H26N4O4. The van der Waals surface area contributed by atoms with Crippen molar-refractivity contribution in [2.24, 2.45) is 0 Å². The average molecular weight is 459 g/mol. The molecule has 34 heavy (non-hydrogen) atoms. The van der Waals surface area contributed by atoms with Gasteiger partial charge in [0, 0.05) is 26.2 Å². The van der Waals surface area contributed by atoms with Crippen molar-refractivity contribution < 1.29 is 19.5 Å². The highest BCUT2D eigenvalue weighted by molar-refractivity contribution is 6.09. The summed E-state index contributed by atoms with van der Waals surface area (Å²) in [5.74, 6) is -0.508. The Morgan fingerprint density at radius 1 is 0.941 bits per heavy atom. The van der Waals surface area contributed by atoms with Crippen LogP contribution in [0.5, 0.6) is 5.75 Å². The van der Waals surface area contributed by atoms with Crippen LogP contribution in [0.2, 0.25) is 0 Å². The molecule has 0 unspecified atom stereocenters. The Hall–Kier alpha value is -4.07. The van der Waals surface area contributed by atoms with E-state index in [1.54, 1.807) is 24.0 Å². The third kappa shape index (κ3) is 3.71. The molecule has 2 aliphatic heterocycles. The Balaban J connectivity index is 1.26. The van der Waals surface area contributed by atoms with E-state index in [9.17, 15) is 19.5 Å². The zero-order valence-corrected chi connectivity index (χ0v) is 18.9. The zero-order chi connectivity index (χ0) is 23.9. The number of rotatable bonds is 4. The van der Waals surface area contributed by atoms with Crippen molar-refractivity contribution in [3.63, 3.8) is 0 Å². The number of nitrogens with one attached hydrogen (secondary N) is 1. The van der Waals surface area contributed by atoms with Gasteiger partial charge in [0.05, 0.1) is 5.69 Å². The minimum atomic E-state index is -1.23. The van der Waals surface area contributed by atoms with Gasteiger partial charge in [0.1, 0.15) is 17.8 Å². The van der Waals surface area contributed by atoms with Crippen LogP contribution in [-0.2, 0) is 15.1 Å². The maximum Gasteiger partial charge on any atom is 0.325 e. The number of hydrogen-bond acceptors (Lipinski definition) is 5. The number of amides is 4. The standard InChI is InChI=1S/C26H26N4O4/c1-26(20-11-10-18-6-2-3-7-19(18)16-20)24(33)30(25(34)27-26)17-23(32)29-14-12-28(13-15-29)21-8-4-5-9-22(21)31/h2-11,16,31H,12-15,17H2,1H3,(H,27,34)/t26-/m0/s1. The minimum Gasteiger partial charge on any atom is -0.506 e. The maximum atomic E-state index is 13.3. The fourth-order valence-corrected chi connectivity index (χ4v) is 4.70. The predicted octanol–water partition coefficient (Wildman–Crippen LogP) is 2.66. The van der Waals surface area contributed by atoms with E-state index in [1.807, 2.05) is 59.5 Å². The van der Waals surface area contributed by atoms with Crippen molar-refractivity contribution in [2.45, 2.75) is 12.5 Å². The van der Waals surface area contributed by atoms with E-state index in [0.29, 0.717) is 31.7 Å². The number of carbonyl (C=O) groups excluding carboxylic acids is 3. The van der Waals surface area contributed by atoms with E-state index in [-0.39, 0.29) is 18.2 Å². The number of anilines is 1. The first-order chi connectivity index (χ1) is 16.4. The Bertz CT molecular complexity index is 1280. The summed E-state index contributed by atoms with van der Waals surface area (Å²) in [5, 5.41) is 14.9. The molecule has 0 aromatic heterocycles. The summed E-state index contributed by atoms with van der Waals surface area (Å²) < 4.78 is 0. The molecule has 0 spiro atoms. The summed E-state index contributed by atoms with van der Waals surface area (Å²) >= 11 is 0. The van der Waals surface area contributed by atoms with Crippen molar-refractivity contribution in [3.05, 3.63) is 72.3 Å². The lowest BCUT2D eigenvalue weighted by Gasteiger charge is -2.36. The number of hydrogen-bond donors (Lipinski definition) is 2. The number of aromatic hydroxyl groups is 1. The van der Waals surface area contributed by atoms with Crippen LogP contribution in [0.4, 0.5) is 10.5 Å². The molecule has 8 nitrogen and oxygen atoms in total. The maximum absolute atomic E-state index is 13.3. The summed E-state index contributed by atoms with van der Waals surface area (Å²) in [6.07, 6.45) is 0. The first-order valence-electron chi connectivity index (χ1n) is 11.3. The Kier molecular flexibility index (Phi) is 5.36. The molecule has 2 heterocycles. The average Bonchev–Trinajstić information content (AvgIpc) is 3.08. The number of urea groups is 1. The molecule has 3 aromatic carbocycles. The minimum absolute atomic E-state index is 0.203. The van der Waals surface area contributed by atoms with Crippen LogP contribution in [0.15, 0.2) is 66.7 Å². The van der Waals surface area contributed by atoms with Gasteiger partial charge < -0.3 is 20.2 Å². The van der Waals surface area contributed by atoms with E-state index >= 15 is 0 Å². The second-order valence-electron chi connectivity index (χ2n) is 8.86. The number of phenols is 1. The number of fused-ring (bicyclic) bond motifs is 1.